The Labute approximate surface area is 163 Å². The molecular weight excluding hydrogens is 380 g/mol. The maximum Gasteiger partial charge on any atom is 0.243 e. The molecule has 0 saturated heterocycles. The summed E-state index contributed by atoms with van der Waals surface area (Å²) in [5, 5.41) is 6.51. The molecule has 8 nitrogen and oxygen atoms in total. The predicted molar refractivity (Wildman–Crippen MR) is 104 cm³/mol. The van der Waals surface area contributed by atoms with Gasteiger partial charge >= 0.3 is 0 Å². The normalized spacial score (nSPS) is 11.6. The van der Waals surface area contributed by atoms with Crippen molar-refractivity contribution in [3.8, 4) is 11.4 Å². The van der Waals surface area contributed by atoms with E-state index < -0.39 is 10.0 Å². The Morgan fingerprint density at radius 2 is 1.75 bits per heavy atom. The molecule has 0 saturated carbocycles. The lowest BCUT2D eigenvalue weighted by Crippen LogP contribution is -2.26. The summed E-state index contributed by atoms with van der Waals surface area (Å²) in [5.74, 6) is 0.366. The molecule has 0 aliphatic heterocycles. The number of carbonyl (C=O) groups excluding carboxylic acids is 1. The molecule has 146 valence electrons. The number of nitrogens with one attached hydrogen (secondary N) is 1. The third-order valence-corrected chi connectivity index (χ3v) is 5.84. The molecule has 0 atom stereocenters. The average molecular weight is 400 g/mol. The molecule has 1 amide bonds. The van der Waals surface area contributed by atoms with E-state index in [1.807, 2.05) is 31.2 Å². The first kappa shape index (κ1) is 19.7. The Kier molecular flexibility index (Phi) is 5.57. The second-order valence-corrected chi connectivity index (χ2v) is 8.39. The van der Waals surface area contributed by atoms with E-state index in [0.29, 0.717) is 11.5 Å². The molecule has 1 heterocycles. The van der Waals surface area contributed by atoms with Gasteiger partial charge in [0.25, 0.3) is 0 Å². The van der Waals surface area contributed by atoms with Crippen molar-refractivity contribution < 1.29 is 17.7 Å². The first-order valence-corrected chi connectivity index (χ1v) is 9.93. The quantitative estimate of drug-likeness (QED) is 0.682. The molecule has 3 aromatic rings. The largest absolute Gasteiger partial charge is 0.338 e. The summed E-state index contributed by atoms with van der Waals surface area (Å²) >= 11 is 0. The molecule has 9 heteroatoms. The molecule has 0 unspecified atom stereocenters. The summed E-state index contributed by atoms with van der Waals surface area (Å²) in [7, 11) is -2.31. The van der Waals surface area contributed by atoms with Gasteiger partial charge in [0.2, 0.25) is 27.6 Å². The lowest BCUT2D eigenvalue weighted by atomic mass is 10.1. The Morgan fingerprint density at radius 3 is 2.36 bits per heavy atom. The second-order valence-electron chi connectivity index (χ2n) is 6.34. The minimum absolute atomic E-state index is 0.0609. The highest BCUT2D eigenvalue weighted by atomic mass is 32.2. The number of hydrogen-bond acceptors (Lipinski definition) is 6. The number of benzene rings is 2. The van der Waals surface area contributed by atoms with Gasteiger partial charge in [0.05, 0.1) is 11.4 Å². The number of aromatic nitrogens is 2. The monoisotopic (exact) mass is 400 g/mol. The zero-order valence-corrected chi connectivity index (χ0v) is 16.5. The average Bonchev–Trinajstić information content (AvgIpc) is 3.10. The molecule has 2 aromatic carbocycles. The summed E-state index contributed by atoms with van der Waals surface area (Å²) < 4.78 is 31.8. The van der Waals surface area contributed by atoms with Crippen LogP contribution in [0.3, 0.4) is 0 Å². The van der Waals surface area contributed by atoms with Crippen molar-refractivity contribution in [2.45, 2.75) is 25.3 Å². The summed E-state index contributed by atoms with van der Waals surface area (Å²) in [6, 6.07) is 13.6. The summed E-state index contributed by atoms with van der Waals surface area (Å²) in [4.78, 5) is 15.4. The van der Waals surface area contributed by atoms with Crippen molar-refractivity contribution in [1.82, 2.24) is 14.4 Å². The van der Waals surface area contributed by atoms with Crippen LogP contribution in [0.4, 0.5) is 5.69 Å². The third-order valence-electron chi connectivity index (χ3n) is 4.02. The SMILES string of the molecule is CC(=O)Nc1ccc(S(=O)(=O)N(C)Cc2nc(-c3ccc(C)cc3)no2)cc1. The number of carbonyl (C=O) groups is 1. The standard InChI is InChI=1S/C19H20N4O4S/c1-13-4-6-15(7-5-13)19-21-18(27-22-19)12-23(3)28(25,26)17-10-8-16(9-11-17)20-14(2)24/h4-11H,12H2,1-3H3,(H,20,24). The van der Waals surface area contributed by atoms with Gasteiger partial charge in [0.15, 0.2) is 0 Å². The lowest BCUT2D eigenvalue weighted by molar-refractivity contribution is -0.114. The fraction of sp³-hybridized carbons (Fsp3) is 0.211. The molecule has 0 aliphatic rings. The van der Waals surface area contributed by atoms with Crippen LogP contribution in [0.2, 0.25) is 0 Å². The van der Waals surface area contributed by atoms with Crippen LogP contribution in [0.25, 0.3) is 11.4 Å². The van der Waals surface area contributed by atoms with Gasteiger partial charge in [-0.2, -0.15) is 9.29 Å². The Balaban J connectivity index is 1.74. The third kappa shape index (κ3) is 4.44. The maximum absolute atomic E-state index is 12.7. The fourth-order valence-corrected chi connectivity index (χ4v) is 3.63. The molecular formula is C19H20N4O4S. The minimum Gasteiger partial charge on any atom is -0.338 e. The van der Waals surface area contributed by atoms with Gasteiger partial charge in [-0.05, 0) is 31.2 Å². The van der Waals surface area contributed by atoms with E-state index >= 15 is 0 Å². The first-order chi connectivity index (χ1) is 13.3. The molecule has 0 aliphatic carbocycles. The van der Waals surface area contributed by atoms with Crippen molar-refractivity contribution in [2.75, 3.05) is 12.4 Å². The van der Waals surface area contributed by atoms with Crippen LogP contribution in [0.5, 0.6) is 0 Å². The van der Waals surface area contributed by atoms with Crippen LogP contribution in [-0.4, -0.2) is 35.8 Å². The van der Waals surface area contributed by atoms with Crippen LogP contribution < -0.4 is 5.32 Å². The number of anilines is 1. The van der Waals surface area contributed by atoms with Crippen molar-refractivity contribution in [1.29, 1.82) is 0 Å². The number of aryl methyl sites for hydroxylation is 1. The van der Waals surface area contributed by atoms with Crippen molar-refractivity contribution in [3.05, 3.63) is 60.0 Å². The van der Waals surface area contributed by atoms with E-state index in [2.05, 4.69) is 15.5 Å². The van der Waals surface area contributed by atoms with E-state index in [4.69, 9.17) is 4.52 Å². The van der Waals surface area contributed by atoms with Gasteiger partial charge in [-0.25, -0.2) is 8.42 Å². The zero-order valence-electron chi connectivity index (χ0n) is 15.7. The number of amides is 1. The van der Waals surface area contributed by atoms with Crippen LogP contribution in [-0.2, 0) is 21.4 Å². The molecule has 28 heavy (non-hydrogen) atoms. The summed E-state index contributed by atoms with van der Waals surface area (Å²) in [6.07, 6.45) is 0. The highest BCUT2D eigenvalue weighted by molar-refractivity contribution is 7.89. The van der Waals surface area contributed by atoms with Crippen molar-refractivity contribution in [2.24, 2.45) is 0 Å². The minimum atomic E-state index is -3.75. The van der Waals surface area contributed by atoms with Gasteiger partial charge in [-0.15, -0.1) is 0 Å². The van der Waals surface area contributed by atoms with Crippen LogP contribution in [0, 0.1) is 6.92 Å². The van der Waals surface area contributed by atoms with Gasteiger partial charge in [-0.3, -0.25) is 4.79 Å². The van der Waals surface area contributed by atoms with E-state index in [9.17, 15) is 13.2 Å². The van der Waals surface area contributed by atoms with Crippen LogP contribution in [0.1, 0.15) is 18.4 Å². The number of hydrogen-bond donors (Lipinski definition) is 1. The topological polar surface area (TPSA) is 105 Å². The molecule has 0 spiro atoms. The van der Waals surface area contributed by atoms with Gasteiger partial charge in [0.1, 0.15) is 0 Å². The highest BCUT2D eigenvalue weighted by Gasteiger charge is 2.23. The maximum atomic E-state index is 12.7. The van der Waals surface area contributed by atoms with E-state index in [0.717, 1.165) is 15.4 Å². The molecule has 0 fully saturated rings. The van der Waals surface area contributed by atoms with E-state index in [1.165, 1.54) is 38.2 Å². The van der Waals surface area contributed by atoms with E-state index in [1.54, 1.807) is 0 Å². The molecule has 0 radical (unpaired) electrons. The Bertz CT molecular complexity index is 1070. The summed E-state index contributed by atoms with van der Waals surface area (Å²) in [5.41, 5.74) is 2.43. The molecule has 1 aromatic heterocycles. The molecule has 0 bridgehead atoms. The Morgan fingerprint density at radius 1 is 1.11 bits per heavy atom. The highest BCUT2D eigenvalue weighted by Crippen LogP contribution is 2.21. The summed E-state index contributed by atoms with van der Waals surface area (Å²) in [6.45, 7) is 3.30. The van der Waals surface area contributed by atoms with E-state index in [-0.39, 0.29) is 23.2 Å². The predicted octanol–water partition coefficient (Wildman–Crippen LogP) is 2.82. The Hall–Kier alpha value is -3.04. The molecule has 3 rings (SSSR count). The zero-order chi connectivity index (χ0) is 20.3. The van der Waals surface area contributed by atoms with Crippen LogP contribution in [0.15, 0.2) is 57.9 Å². The first-order valence-electron chi connectivity index (χ1n) is 8.49. The number of rotatable bonds is 6. The lowest BCUT2D eigenvalue weighted by Gasteiger charge is -2.15. The van der Waals surface area contributed by atoms with Gasteiger partial charge in [0, 0.05) is 25.2 Å². The molecule has 1 N–H and O–H groups in total. The van der Waals surface area contributed by atoms with Crippen molar-refractivity contribution in [3.63, 3.8) is 0 Å². The van der Waals surface area contributed by atoms with Crippen molar-refractivity contribution >= 4 is 21.6 Å². The smallest absolute Gasteiger partial charge is 0.243 e. The number of sulfonamides is 1. The van der Waals surface area contributed by atoms with Gasteiger partial charge < -0.3 is 9.84 Å². The van der Waals surface area contributed by atoms with Gasteiger partial charge in [-0.1, -0.05) is 35.0 Å². The van der Waals surface area contributed by atoms with Crippen LogP contribution >= 0.6 is 0 Å². The fourth-order valence-electron chi connectivity index (χ4n) is 2.51. The second kappa shape index (κ2) is 7.91. The number of nitrogens with zero attached hydrogens (tertiary/aromatic N) is 3.